The molecule has 106 valence electrons. The molecule has 0 radical (unpaired) electrons. The van der Waals surface area contributed by atoms with Crippen LogP contribution in [0.5, 0.6) is 0 Å². The third-order valence-electron chi connectivity index (χ3n) is 3.49. The maximum atomic E-state index is 4.16. The molecule has 0 atom stereocenters. The maximum absolute atomic E-state index is 4.16. The lowest BCUT2D eigenvalue weighted by molar-refractivity contribution is 0.372. The highest BCUT2D eigenvalue weighted by Gasteiger charge is 2.04. The molecule has 0 spiro atoms. The second kappa shape index (κ2) is 9.24. The molecule has 0 aromatic heterocycles. The van der Waals surface area contributed by atoms with E-state index < -0.39 is 0 Å². The van der Waals surface area contributed by atoms with Crippen LogP contribution in [0.3, 0.4) is 0 Å². The molecule has 1 nitrogen and oxygen atoms in total. The fourth-order valence-corrected chi connectivity index (χ4v) is 1.95. The summed E-state index contributed by atoms with van der Waals surface area (Å²) in [5, 5.41) is 0. The number of hydrogen-bond donors (Lipinski definition) is 0. The SMILES string of the molecule is C=C(CCCCCN(C)C(=C)CC(C)C)C(C)C. The van der Waals surface area contributed by atoms with Crippen molar-refractivity contribution in [3.8, 4) is 0 Å². The van der Waals surface area contributed by atoms with E-state index in [0.717, 1.165) is 13.0 Å². The molecule has 0 aliphatic heterocycles. The summed E-state index contributed by atoms with van der Waals surface area (Å²) >= 11 is 0. The third-order valence-corrected chi connectivity index (χ3v) is 3.49. The Hall–Kier alpha value is -0.720. The molecule has 0 rings (SSSR count). The van der Waals surface area contributed by atoms with Gasteiger partial charge in [0.15, 0.2) is 0 Å². The average Bonchev–Trinajstić information content (AvgIpc) is 2.26. The number of hydrogen-bond acceptors (Lipinski definition) is 1. The molecule has 0 aliphatic carbocycles. The fraction of sp³-hybridized carbons (Fsp3) is 0.765. The topological polar surface area (TPSA) is 3.24 Å². The van der Waals surface area contributed by atoms with Crippen LogP contribution >= 0.6 is 0 Å². The first-order valence-corrected chi connectivity index (χ1v) is 7.41. The van der Waals surface area contributed by atoms with Crippen LogP contribution in [0.25, 0.3) is 0 Å². The van der Waals surface area contributed by atoms with Gasteiger partial charge < -0.3 is 4.90 Å². The smallest absolute Gasteiger partial charge is 0.0171 e. The highest BCUT2D eigenvalue weighted by atomic mass is 15.1. The molecule has 0 fully saturated rings. The summed E-state index contributed by atoms with van der Waals surface area (Å²) in [6, 6.07) is 0. The highest BCUT2D eigenvalue weighted by molar-refractivity contribution is 4.97. The molecule has 0 aliphatic rings. The summed E-state index contributed by atoms with van der Waals surface area (Å²) < 4.78 is 0. The number of allylic oxidation sites excluding steroid dienone is 2. The van der Waals surface area contributed by atoms with Gasteiger partial charge >= 0.3 is 0 Å². The molecule has 1 heteroatoms. The van der Waals surface area contributed by atoms with E-state index in [1.165, 1.54) is 37.0 Å². The Kier molecular flexibility index (Phi) is 8.87. The summed E-state index contributed by atoms with van der Waals surface area (Å²) in [7, 11) is 2.16. The molecular weight excluding hydrogens is 218 g/mol. The standard InChI is InChI=1S/C17H33N/c1-14(2)13-17(6)18(7)12-10-8-9-11-16(5)15(3)4/h14-15H,5-6,8-13H2,1-4,7H3. The summed E-state index contributed by atoms with van der Waals surface area (Å²) in [6.07, 6.45) is 6.14. The van der Waals surface area contributed by atoms with E-state index in [0.29, 0.717) is 11.8 Å². The van der Waals surface area contributed by atoms with E-state index in [1.807, 2.05) is 0 Å². The molecule has 0 aromatic carbocycles. The number of rotatable bonds is 10. The van der Waals surface area contributed by atoms with E-state index in [1.54, 1.807) is 0 Å². The summed E-state index contributed by atoms with van der Waals surface area (Å²) in [5.74, 6) is 1.34. The van der Waals surface area contributed by atoms with Gasteiger partial charge in [0.05, 0.1) is 0 Å². The molecule has 0 aromatic rings. The maximum Gasteiger partial charge on any atom is 0.0171 e. The van der Waals surface area contributed by atoms with Crippen LogP contribution in [0, 0.1) is 11.8 Å². The minimum absolute atomic E-state index is 0.637. The van der Waals surface area contributed by atoms with Gasteiger partial charge in [-0.2, -0.15) is 0 Å². The Balaban J connectivity index is 3.60. The second-order valence-electron chi connectivity index (χ2n) is 6.21. The quantitative estimate of drug-likeness (QED) is 0.378. The zero-order chi connectivity index (χ0) is 14.1. The molecule has 0 bridgehead atoms. The summed E-state index contributed by atoms with van der Waals surface area (Å²) in [4.78, 5) is 2.32. The summed E-state index contributed by atoms with van der Waals surface area (Å²) in [5.41, 5.74) is 2.67. The van der Waals surface area contributed by atoms with Crippen LogP contribution in [0.4, 0.5) is 0 Å². The molecular formula is C17H33N. The van der Waals surface area contributed by atoms with Crippen LogP contribution in [0.1, 0.15) is 59.8 Å². The Morgan fingerprint density at radius 3 is 2.11 bits per heavy atom. The van der Waals surface area contributed by atoms with Crippen molar-refractivity contribution in [2.75, 3.05) is 13.6 Å². The monoisotopic (exact) mass is 251 g/mol. The number of unbranched alkanes of at least 4 members (excludes halogenated alkanes) is 2. The van der Waals surface area contributed by atoms with Crippen molar-refractivity contribution in [1.29, 1.82) is 0 Å². The Morgan fingerprint density at radius 1 is 1.00 bits per heavy atom. The average molecular weight is 251 g/mol. The lowest BCUT2D eigenvalue weighted by atomic mass is 9.99. The van der Waals surface area contributed by atoms with Gasteiger partial charge in [-0.05, 0) is 37.5 Å². The van der Waals surface area contributed by atoms with Gasteiger partial charge in [-0.25, -0.2) is 0 Å². The number of nitrogens with zero attached hydrogens (tertiary/aromatic N) is 1. The van der Waals surface area contributed by atoms with Crippen molar-refractivity contribution in [3.05, 3.63) is 24.4 Å². The van der Waals surface area contributed by atoms with Gasteiger partial charge in [0, 0.05) is 19.3 Å². The lowest BCUT2D eigenvalue weighted by Gasteiger charge is -2.23. The van der Waals surface area contributed by atoms with E-state index in [4.69, 9.17) is 0 Å². The zero-order valence-electron chi connectivity index (χ0n) is 13.3. The molecule has 0 amide bonds. The minimum Gasteiger partial charge on any atom is -0.378 e. The van der Waals surface area contributed by atoms with E-state index in [2.05, 4.69) is 52.8 Å². The van der Waals surface area contributed by atoms with E-state index in [-0.39, 0.29) is 0 Å². The Morgan fingerprint density at radius 2 is 1.61 bits per heavy atom. The third kappa shape index (κ3) is 8.38. The van der Waals surface area contributed by atoms with E-state index >= 15 is 0 Å². The largest absolute Gasteiger partial charge is 0.378 e. The molecule has 0 saturated heterocycles. The van der Waals surface area contributed by atoms with Gasteiger partial charge in [-0.3, -0.25) is 0 Å². The molecule has 0 unspecified atom stereocenters. The van der Waals surface area contributed by atoms with Crippen molar-refractivity contribution in [1.82, 2.24) is 4.90 Å². The normalized spacial score (nSPS) is 11.1. The summed E-state index contributed by atoms with van der Waals surface area (Å²) in [6.45, 7) is 18.4. The first-order valence-electron chi connectivity index (χ1n) is 7.41. The lowest BCUT2D eigenvalue weighted by Crippen LogP contribution is -2.19. The predicted octanol–water partition coefficient (Wildman–Crippen LogP) is 5.25. The van der Waals surface area contributed by atoms with Crippen molar-refractivity contribution in [3.63, 3.8) is 0 Å². The van der Waals surface area contributed by atoms with Crippen LogP contribution in [0.15, 0.2) is 24.4 Å². The molecule has 0 N–H and O–H groups in total. The Bertz CT molecular complexity index is 250. The van der Waals surface area contributed by atoms with Gasteiger partial charge in [0.2, 0.25) is 0 Å². The first-order chi connectivity index (χ1) is 8.34. The Labute approximate surface area is 115 Å². The molecule has 0 saturated carbocycles. The van der Waals surface area contributed by atoms with Gasteiger partial charge in [-0.15, -0.1) is 0 Å². The van der Waals surface area contributed by atoms with Crippen LogP contribution in [-0.2, 0) is 0 Å². The first kappa shape index (κ1) is 17.3. The van der Waals surface area contributed by atoms with E-state index in [9.17, 15) is 0 Å². The van der Waals surface area contributed by atoms with Gasteiger partial charge in [0.25, 0.3) is 0 Å². The fourth-order valence-electron chi connectivity index (χ4n) is 1.95. The zero-order valence-corrected chi connectivity index (χ0v) is 13.3. The van der Waals surface area contributed by atoms with Crippen molar-refractivity contribution in [2.24, 2.45) is 11.8 Å². The highest BCUT2D eigenvalue weighted by Crippen LogP contribution is 2.16. The van der Waals surface area contributed by atoms with Crippen molar-refractivity contribution < 1.29 is 0 Å². The van der Waals surface area contributed by atoms with Crippen molar-refractivity contribution >= 4 is 0 Å². The van der Waals surface area contributed by atoms with Crippen LogP contribution < -0.4 is 0 Å². The van der Waals surface area contributed by atoms with Crippen LogP contribution in [0.2, 0.25) is 0 Å². The van der Waals surface area contributed by atoms with Gasteiger partial charge in [0.1, 0.15) is 0 Å². The predicted molar refractivity (Wildman–Crippen MR) is 83.7 cm³/mol. The molecule has 0 heterocycles. The molecule has 18 heavy (non-hydrogen) atoms. The second-order valence-corrected chi connectivity index (χ2v) is 6.21. The van der Waals surface area contributed by atoms with Gasteiger partial charge in [-0.1, -0.05) is 52.8 Å². The minimum atomic E-state index is 0.637. The van der Waals surface area contributed by atoms with Crippen molar-refractivity contribution in [2.45, 2.75) is 59.8 Å². The van der Waals surface area contributed by atoms with Crippen LogP contribution in [-0.4, -0.2) is 18.5 Å².